The molecule has 12 heteroatoms. The minimum Gasteiger partial charge on any atom is -0.393 e. The van der Waals surface area contributed by atoms with Gasteiger partial charge in [-0.2, -0.15) is 13.2 Å². The van der Waals surface area contributed by atoms with Crippen LogP contribution >= 0.6 is 11.3 Å². The van der Waals surface area contributed by atoms with E-state index in [1.807, 2.05) is 0 Å². The Morgan fingerprint density at radius 3 is 2.67 bits per heavy atom. The number of aliphatic hydroxyl groups excluding tert-OH is 2. The number of nitrogens with two attached hydrogens (primary N) is 1. The van der Waals surface area contributed by atoms with Gasteiger partial charge in [0.1, 0.15) is 16.8 Å². The fraction of sp³-hybridized carbons (Fsp3) is 0.278. The largest absolute Gasteiger partial charge is 0.417 e. The SMILES string of the molecule is NC[C@@H](NC(=O)c1ccc(-c2ccc(C(F)(F)F)cn2)[nH]1)c1nc(C(O)CO)cs1. The van der Waals surface area contributed by atoms with Gasteiger partial charge in [0.25, 0.3) is 5.91 Å². The van der Waals surface area contributed by atoms with Gasteiger partial charge in [-0.1, -0.05) is 0 Å². The van der Waals surface area contributed by atoms with Crippen molar-refractivity contribution in [2.24, 2.45) is 5.73 Å². The highest BCUT2D eigenvalue weighted by Crippen LogP contribution is 2.29. The first-order valence-corrected chi connectivity index (χ1v) is 9.58. The van der Waals surface area contributed by atoms with Gasteiger partial charge in [0, 0.05) is 18.1 Å². The van der Waals surface area contributed by atoms with Crippen LogP contribution in [0.25, 0.3) is 11.4 Å². The summed E-state index contributed by atoms with van der Waals surface area (Å²) in [5.74, 6) is -0.497. The summed E-state index contributed by atoms with van der Waals surface area (Å²) in [6, 6.07) is 4.50. The molecule has 0 bridgehead atoms. The van der Waals surface area contributed by atoms with E-state index in [2.05, 4.69) is 20.3 Å². The third-order valence-corrected chi connectivity index (χ3v) is 5.17. The molecule has 30 heavy (non-hydrogen) atoms. The molecule has 3 aromatic heterocycles. The molecule has 2 atom stereocenters. The van der Waals surface area contributed by atoms with Crippen molar-refractivity contribution in [2.45, 2.75) is 18.3 Å². The quantitative estimate of drug-likeness (QED) is 0.380. The Morgan fingerprint density at radius 2 is 2.07 bits per heavy atom. The highest BCUT2D eigenvalue weighted by Gasteiger charge is 2.30. The molecule has 1 amide bonds. The average Bonchev–Trinajstić information content (AvgIpc) is 3.41. The Balaban J connectivity index is 1.71. The number of nitrogens with zero attached hydrogens (tertiary/aromatic N) is 2. The topological polar surface area (TPSA) is 137 Å². The number of carbonyl (C=O) groups excluding carboxylic acids is 1. The van der Waals surface area contributed by atoms with Crippen LogP contribution in [0.2, 0.25) is 0 Å². The third kappa shape index (κ3) is 4.84. The molecule has 0 aliphatic heterocycles. The van der Waals surface area contributed by atoms with Crippen molar-refractivity contribution in [3.05, 3.63) is 57.8 Å². The molecule has 0 fully saturated rings. The van der Waals surface area contributed by atoms with Gasteiger partial charge < -0.3 is 26.2 Å². The maximum atomic E-state index is 12.7. The normalized spacial score (nSPS) is 13.8. The minimum atomic E-state index is -4.48. The number of aromatic nitrogens is 3. The van der Waals surface area contributed by atoms with E-state index in [1.54, 1.807) is 5.38 Å². The zero-order valence-electron chi connectivity index (χ0n) is 15.3. The van der Waals surface area contributed by atoms with Gasteiger partial charge in [0.05, 0.1) is 35.3 Å². The van der Waals surface area contributed by atoms with Crippen LogP contribution in [0, 0.1) is 0 Å². The van der Waals surface area contributed by atoms with Crippen molar-refractivity contribution >= 4 is 17.2 Å². The number of aromatic amines is 1. The number of hydrogen-bond acceptors (Lipinski definition) is 7. The Labute approximate surface area is 172 Å². The Kier molecular flexibility index (Phi) is 6.51. The number of alkyl halides is 3. The summed E-state index contributed by atoms with van der Waals surface area (Å²) >= 11 is 1.18. The van der Waals surface area contributed by atoms with Crippen LogP contribution < -0.4 is 11.1 Å². The highest BCUT2D eigenvalue weighted by molar-refractivity contribution is 7.09. The molecule has 6 N–H and O–H groups in total. The van der Waals surface area contributed by atoms with Gasteiger partial charge >= 0.3 is 6.18 Å². The fourth-order valence-electron chi connectivity index (χ4n) is 2.56. The lowest BCUT2D eigenvalue weighted by Crippen LogP contribution is -2.33. The molecule has 0 radical (unpaired) electrons. The van der Waals surface area contributed by atoms with Crippen molar-refractivity contribution in [2.75, 3.05) is 13.2 Å². The van der Waals surface area contributed by atoms with E-state index < -0.39 is 36.4 Å². The first-order valence-electron chi connectivity index (χ1n) is 8.70. The number of amides is 1. The van der Waals surface area contributed by atoms with Crippen LogP contribution in [0.4, 0.5) is 13.2 Å². The number of rotatable bonds is 7. The van der Waals surface area contributed by atoms with Crippen LogP contribution in [0.1, 0.15) is 38.9 Å². The number of aliphatic hydroxyl groups is 2. The van der Waals surface area contributed by atoms with E-state index in [4.69, 9.17) is 10.8 Å². The summed E-state index contributed by atoms with van der Waals surface area (Å²) in [7, 11) is 0. The molecular weight excluding hydrogens is 423 g/mol. The standard InChI is InChI=1S/C18H18F3N5O3S/c19-18(20,21)9-1-2-10(23-6-9)11-3-4-12(24-11)16(29)25-13(5-22)17-26-14(8-30-17)15(28)7-27/h1-4,6,8,13,15,24,27-28H,5,7,22H2,(H,25,29)/t13-,15?/m1/s1. The fourth-order valence-corrected chi connectivity index (χ4v) is 3.49. The first-order chi connectivity index (χ1) is 14.2. The van der Waals surface area contributed by atoms with E-state index >= 15 is 0 Å². The number of nitrogens with one attached hydrogen (secondary N) is 2. The monoisotopic (exact) mass is 441 g/mol. The predicted molar refractivity (Wildman–Crippen MR) is 102 cm³/mol. The zero-order valence-corrected chi connectivity index (χ0v) is 16.2. The van der Waals surface area contributed by atoms with Crippen molar-refractivity contribution in [1.82, 2.24) is 20.3 Å². The summed E-state index contributed by atoms with van der Waals surface area (Å²) in [5, 5.41) is 23.4. The lowest BCUT2D eigenvalue weighted by molar-refractivity contribution is -0.137. The smallest absolute Gasteiger partial charge is 0.393 e. The first kappa shape index (κ1) is 21.9. The van der Waals surface area contributed by atoms with Gasteiger partial charge in [-0.15, -0.1) is 11.3 Å². The molecular formula is C18H18F3N5O3S. The van der Waals surface area contributed by atoms with Crippen LogP contribution in [-0.2, 0) is 6.18 Å². The number of halogens is 3. The predicted octanol–water partition coefficient (Wildman–Crippen LogP) is 2.01. The molecule has 8 nitrogen and oxygen atoms in total. The number of H-pyrrole nitrogens is 1. The van der Waals surface area contributed by atoms with E-state index in [0.717, 1.165) is 12.3 Å². The van der Waals surface area contributed by atoms with Gasteiger partial charge in [-0.3, -0.25) is 9.78 Å². The molecule has 3 heterocycles. The molecule has 1 unspecified atom stereocenters. The van der Waals surface area contributed by atoms with Gasteiger partial charge in [0.2, 0.25) is 0 Å². The maximum Gasteiger partial charge on any atom is 0.417 e. The molecule has 3 aromatic rings. The highest BCUT2D eigenvalue weighted by atomic mass is 32.1. The summed E-state index contributed by atoms with van der Waals surface area (Å²) < 4.78 is 38.0. The number of thiazole rings is 1. The second-order valence-corrected chi connectivity index (χ2v) is 7.18. The lowest BCUT2D eigenvalue weighted by Gasteiger charge is -2.14. The lowest BCUT2D eigenvalue weighted by atomic mass is 10.2. The summed E-state index contributed by atoms with van der Waals surface area (Å²) in [6.07, 6.45) is -4.88. The molecule has 0 saturated heterocycles. The van der Waals surface area contributed by atoms with Gasteiger partial charge in [-0.25, -0.2) is 4.98 Å². The third-order valence-electron chi connectivity index (χ3n) is 4.19. The Bertz CT molecular complexity index is 1000. The zero-order chi connectivity index (χ0) is 21.9. The van der Waals surface area contributed by atoms with E-state index in [0.29, 0.717) is 10.7 Å². The van der Waals surface area contributed by atoms with Gasteiger partial charge in [-0.05, 0) is 24.3 Å². The minimum absolute atomic E-state index is 0.0436. The van der Waals surface area contributed by atoms with Crippen molar-refractivity contribution in [3.8, 4) is 11.4 Å². The molecule has 160 valence electrons. The molecule has 0 aliphatic carbocycles. The summed E-state index contributed by atoms with van der Waals surface area (Å²) in [5.41, 5.74) is 5.93. The van der Waals surface area contributed by atoms with Gasteiger partial charge in [0.15, 0.2) is 0 Å². The summed E-state index contributed by atoms with van der Waals surface area (Å²) in [6.45, 7) is -0.437. The van der Waals surface area contributed by atoms with E-state index in [9.17, 15) is 23.1 Å². The molecule has 3 rings (SSSR count). The van der Waals surface area contributed by atoms with Crippen LogP contribution in [0.15, 0.2) is 35.8 Å². The Hall–Kier alpha value is -2.80. The van der Waals surface area contributed by atoms with Crippen molar-refractivity contribution < 1.29 is 28.2 Å². The van der Waals surface area contributed by atoms with Crippen molar-refractivity contribution in [1.29, 1.82) is 0 Å². The summed E-state index contributed by atoms with van der Waals surface area (Å²) in [4.78, 5) is 23.3. The molecule has 0 spiro atoms. The number of pyridine rings is 1. The second-order valence-electron chi connectivity index (χ2n) is 6.29. The molecule has 0 aliphatic rings. The Morgan fingerprint density at radius 1 is 1.30 bits per heavy atom. The van der Waals surface area contributed by atoms with E-state index in [1.165, 1.54) is 29.5 Å². The van der Waals surface area contributed by atoms with Crippen molar-refractivity contribution in [3.63, 3.8) is 0 Å². The van der Waals surface area contributed by atoms with Crippen LogP contribution in [0.5, 0.6) is 0 Å². The second kappa shape index (κ2) is 8.92. The number of hydrogen-bond donors (Lipinski definition) is 5. The average molecular weight is 441 g/mol. The van der Waals surface area contributed by atoms with E-state index in [-0.39, 0.29) is 23.6 Å². The van der Waals surface area contributed by atoms with Crippen LogP contribution in [0.3, 0.4) is 0 Å². The maximum absolute atomic E-state index is 12.7. The number of carbonyl (C=O) groups is 1. The van der Waals surface area contributed by atoms with Crippen LogP contribution in [-0.4, -0.2) is 44.2 Å². The molecule has 0 aromatic carbocycles. The molecule has 0 saturated carbocycles.